The van der Waals surface area contributed by atoms with Gasteiger partial charge in [-0.15, -0.1) is 5.10 Å². The fourth-order valence-corrected chi connectivity index (χ4v) is 1.97. The quantitative estimate of drug-likeness (QED) is 0.301. The van der Waals surface area contributed by atoms with Crippen LogP contribution in [0.25, 0.3) is 10.4 Å². The lowest BCUT2D eigenvalue weighted by molar-refractivity contribution is -0.389. The molecule has 1 fully saturated rings. The molecule has 108 valence electrons. The van der Waals surface area contributed by atoms with Crippen LogP contribution in [0.4, 0.5) is 14.6 Å². The van der Waals surface area contributed by atoms with Gasteiger partial charge < -0.3 is 14.9 Å². The molecule has 20 heavy (non-hydrogen) atoms. The van der Waals surface area contributed by atoms with Crippen molar-refractivity contribution in [3.05, 3.63) is 32.3 Å². The second-order valence-corrected chi connectivity index (χ2v) is 4.38. The second kappa shape index (κ2) is 5.39. The van der Waals surface area contributed by atoms with Crippen molar-refractivity contribution in [1.29, 1.82) is 0 Å². The Bertz CT molecular complexity index is 556. The van der Waals surface area contributed by atoms with Gasteiger partial charge in [0.25, 0.3) is 5.92 Å². The standard InChI is InChI=1S/C9H10F2N6O3/c10-9(11)2-5(13-16-12)4-20-7(3-9)6-1-8(15-14-6)17(18)19/h1,5,7H,2-4H2,(H,14,15). The predicted molar refractivity (Wildman–Crippen MR) is 61.1 cm³/mol. The van der Waals surface area contributed by atoms with Crippen LogP contribution in [-0.4, -0.2) is 33.7 Å². The number of aromatic nitrogens is 2. The number of halogens is 2. The van der Waals surface area contributed by atoms with E-state index >= 15 is 0 Å². The molecular weight excluding hydrogens is 278 g/mol. The summed E-state index contributed by atoms with van der Waals surface area (Å²) in [6.07, 6.45) is -2.39. The molecule has 1 aromatic heterocycles. The largest absolute Gasteiger partial charge is 0.371 e. The van der Waals surface area contributed by atoms with Crippen molar-refractivity contribution in [3.63, 3.8) is 0 Å². The molecule has 0 radical (unpaired) electrons. The number of hydrogen-bond donors (Lipinski definition) is 1. The van der Waals surface area contributed by atoms with Crippen LogP contribution in [0.1, 0.15) is 24.6 Å². The highest BCUT2D eigenvalue weighted by Crippen LogP contribution is 2.38. The number of aromatic amines is 1. The van der Waals surface area contributed by atoms with Crippen LogP contribution in [-0.2, 0) is 4.74 Å². The molecule has 0 saturated carbocycles. The normalized spacial score (nSPS) is 25.5. The molecule has 2 unspecified atom stereocenters. The number of ether oxygens (including phenoxy) is 1. The van der Waals surface area contributed by atoms with E-state index in [0.717, 1.165) is 6.07 Å². The summed E-state index contributed by atoms with van der Waals surface area (Å²) in [6.45, 7) is -0.190. The first-order valence-corrected chi connectivity index (χ1v) is 5.64. The van der Waals surface area contributed by atoms with Gasteiger partial charge in [-0.3, -0.25) is 0 Å². The van der Waals surface area contributed by atoms with Crippen molar-refractivity contribution in [2.45, 2.75) is 30.9 Å². The molecule has 2 rings (SSSR count). The number of nitro groups is 1. The minimum absolute atomic E-state index is 0.0259. The molecule has 1 aromatic rings. The van der Waals surface area contributed by atoms with E-state index in [0.29, 0.717) is 0 Å². The van der Waals surface area contributed by atoms with Gasteiger partial charge in [-0.05, 0) is 10.5 Å². The molecule has 0 amide bonds. The minimum Gasteiger partial charge on any atom is -0.371 e. The van der Waals surface area contributed by atoms with E-state index in [-0.39, 0.29) is 12.3 Å². The zero-order valence-electron chi connectivity index (χ0n) is 10.1. The Morgan fingerprint density at radius 1 is 1.65 bits per heavy atom. The number of nitrogens with zero attached hydrogens (tertiary/aromatic N) is 5. The van der Waals surface area contributed by atoms with E-state index in [1.54, 1.807) is 0 Å². The van der Waals surface area contributed by atoms with E-state index in [2.05, 4.69) is 20.2 Å². The molecular formula is C9H10F2N6O3. The molecule has 1 aliphatic heterocycles. The SMILES string of the molecule is [N-]=[N+]=NC1COC(c2cc([N+](=O)[O-])[nH]n2)CC(F)(F)C1. The predicted octanol–water partition coefficient (Wildman–Crippen LogP) is 2.48. The van der Waals surface area contributed by atoms with Gasteiger partial charge in [0.15, 0.2) is 0 Å². The van der Waals surface area contributed by atoms with Crippen LogP contribution in [0.3, 0.4) is 0 Å². The third kappa shape index (κ3) is 3.19. The van der Waals surface area contributed by atoms with Crippen LogP contribution in [0.5, 0.6) is 0 Å². The average Bonchev–Trinajstić information content (AvgIpc) is 2.78. The highest BCUT2D eigenvalue weighted by molar-refractivity contribution is 5.22. The Balaban J connectivity index is 2.19. The maximum Gasteiger partial charge on any atom is 0.342 e. The molecule has 0 aromatic carbocycles. The monoisotopic (exact) mass is 288 g/mol. The van der Waals surface area contributed by atoms with E-state index in [9.17, 15) is 18.9 Å². The van der Waals surface area contributed by atoms with Gasteiger partial charge >= 0.3 is 5.82 Å². The van der Waals surface area contributed by atoms with Crippen LogP contribution in [0.15, 0.2) is 11.2 Å². The Morgan fingerprint density at radius 2 is 2.40 bits per heavy atom. The average molecular weight is 288 g/mol. The molecule has 0 bridgehead atoms. The Hall–Kier alpha value is -2.26. The van der Waals surface area contributed by atoms with Crippen molar-refractivity contribution < 1.29 is 18.4 Å². The number of hydrogen-bond acceptors (Lipinski definition) is 5. The summed E-state index contributed by atoms with van der Waals surface area (Å²) in [6, 6.07) is 0.0724. The Labute approximate surface area is 110 Å². The molecule has 1 aliphatic rings. The summed E-state index contributed by atoms with van der Waals surface area (Å²) in [5, 5.41) is 19.5. The van der Waals surface area contributed by atoms with Crippen LogP contribution in [0.2, 0.25) is 0 Å². The van der Waals surface area contributed by atoms with Crippen molar-refractivity contribution in [3.8, 4) is 0 Å². The number of azide groups is 1. The highest BCUT2D eigenvalue weighted by Gasteiger charge is 2.40. The van der Waals surface area contributed by atoms with E-state index in [1.807, 2.05) is 0 Å². The number of H-pyrrole nitrogens is 1. The molecule has 2 heterocycles. The molecule has 2 atom stereocenters. The summed E-state index contributed by atoms with van der Waals surface area (Å²) in [7, 11) is 0. The lowest BCUT2D eigenvalue weighted by atomic mass is 10.0. The fourth-order valence-electron chi connectivity index (χ4n) is 1.97. The van der Waals surface area contributed by atoms with Crippen molar-refractivity contribution >= 4 is 5.82 Å². The number of alkyl halides is 2. The fraction of sp³-hybridized carbons (Fsp3) is 0.667. The van der Waals surface area contributed by atoms with Gasteiger partial charge in [-0.2, -0.15) is 0 Å². The summed E-state index contributed by atoms with van der Waals surface area (Å²) in [5.41, 5.74) is 8.32. The third-order valence-corrected chi connectivity index (χ3v) is 2.83. The highest BCUT2D eigenvalue weighted by atomic mass is 19.3. The summed E-state index contributed by atoms with van der Waals surface area (Å²) >= 11 is 0. The molecule has 0 spiro atoms. The van der Waals surface area contributed by atoms with Crippen LogP contribution in [0, 0.1) is 10.1 Å². The second-order valence-electron chi connectivity index (χ2n) is 4.38. The van der Waals surface area contributed by atoms with Gasteiger partial charge in [0, 0.05) is 17.8 Å². The van der Waals surface area contributed by atoms with Crippen LogP contribution < -0.4 is 0 Å². The number of nitrogens with one attached hydrogen (secondary N) is 1. The van der Waals surface area contributed by atoms with Crippen molar-refractivity contribution in [1.82, 2.24) is 10.2 Å². The van der Waals surface area contributed by atoms with Crippen molar-refractivity contribution in [2.24, 2.45) is 5.11 Å². The van der Waals surface area contributed by atoms with Gasteiger partial charge in [0.2, 0.25) is 0 Å². The van der Waals surface area contributed by atoms with Gasteiger partial charge in [-0.25, -0.2) is 8.78 Å². The molecule has 0 aliphatic carbocycles. The molecule has 11 heteroatoms. The molecule has 1 N–H and O–H groups in total. The number of rotatable bonds is 3. The minimum atomic E-state index is -3.10. The summed E-state index contributed by atoms with van der Waals surface area (Å²) in [5.74, 6) is -3.50. The van der Waals surface area contributed by atoms with Crippen LogP contribution >= 0.6 is 0 Å². The first-order valence-electron chi connectivity index (χ1n) is 5.64. The zero-order chi connectivity index (χ0) is 14.8. The Kier molecular flexibility index (Phi) is 3.81. The van der Waals surface area contributed by atoms with Crippen molar-refractivity contribution in [2.75, 3.05) is 6.61 Å². The third-order valence-electron chi connectivity index (χ3n) is 2.83. The van der Waals surface area contributed by atoms with E-state index < -0.39 is 41.7 Å². The first kappa shape index (κ1) is 14.2. The maximum absolute atomic E-state index is 13.7. The maximum atomic E-state index is 13.7. The lowest BCUT2D eigenvalue weighted by Gasteiger charge is -2.17. The van der Waals surface area contributed by atoms with Gasteiger partial charge in [0.1, 0.15) is 11.8 Å². The Morgan fingerprint density at radius 3 is 3.00 bits per heavy atom. The van der Waals surface area contributed by atoms with E-state index in [1.165, 1.54) is 0 Å². The molecule has 1 saturated heterocycles. The molecule has 9 nitrogen and oxygen atoms in total. The zero-order valence-corrected chi connectivity index (χ0v) is 10.1. The summed E-state index contributed by atoms with van der Waals surface area (Å²) in [4.78, 5) is 12.3. The first-order chi connectivity index (χ1) is 9.41. The summed E-state index contributed by atoms with van der Waals surface area (Å²) < 4.78 is 32.6. The van der Waals surface area contributed by atoms with Gasteiger partial charge in [-0.1, -0.05) is 10.2 Å². The van der Waals surface area contributed by atoms with Gasteiger partial charge in [0.05, 0.1) is 18.7 Å². The lowest BCUT2D eigenvalue weighted by Crippen LogP contribution is -2.22. The van der Waals surface area contributed by atoms with E-state index in [4.69, 9.17) is 10.3 Å². The smallest absolute Gasteiger partial charge is 0.342 e. The topological polar surface area (TPSA) is 130 Å².